The molecule has 0 bridgehead atoms. The molecule has 12 heteroatoms. The van der Waals surface area contributed by atoms with E-state index in [1.165, 1.54) is 18.2 Å². The Morgan fingerprint density at radius 1 is 0.978 bits per heavy atom. The van der Waals surface area contributed by atoms with Crippen LogP contribution in [0.1, 0.15) is 0 Å². The van der Waals surface area contributed by atoms with Crippen LogP contribution in [0.4, 0.5) is 38.9 Å². The van der Waals surface area contributed by atoms with Crippen molar-refractivity contribution in [2.24, 2.45) is 0 Å². The number of amides is 1. The predicted octanol–water partition coefficient (Wildman–Crippen LogP) is 5.54. The van der Waals surface area contributed by atoms with Crippen LogP contribution in [-0.2, 0) is 9.53 Å². The molecule has 0 atom stereocenters. The lowest BCUT2D eigenvalue weighted by Gasteiger charge is -2.29. The Bertz CT molecular complexity index is 1830. The SMILES string of the molecule is CN(C)C/C=C/C(=O)Nc1cccc(-c2nc(Nc3cccc(N4CCOCC4)c3)nc3[nH]nc(Nc4cccc(F)c4)c23)c1. The van der Waals surface area contributed by atoms with Crippen molar-refractivity contribution in [1.29, 1.82) is 0 Å². The summed E-state index contributed by atoms with van der Waals surface area (Å²) in [5.41, 5.74) is 4.82. The van der Waals surface area contributed by atoms with Crippen molar-refractivity contribution in [2.45, 2.75) is 0 Å². The lowest BCUT2D eigenvalue weighted by Crippen LogP contribution is -2.36. The number of hydrogen-bond donors (Lipinski definition) is 4. The first kappa shape index (κ1) is 29.7. The van der Waals surface area contributed by atoms with Crippen molar-refractivity contribution >= 4 is 51.5 Å². The molecule has 3 heterocycles. The summed E-state index contributed by atoms with van der Waals surface area (Å²) in [7, 11) is 3.87. The van der Waals surface area contributed by atoms with E-state index in [0.717, 1.165) is 30.0 Å². The number of nitrogens with zero attached hydrogens (tertiary/aromatic N) is 5. The van der Waals surface area contributed by atoms with Gasteiger partial charge in [0.25, 0.3) is 0 Å². The highest BCUT2D eigenvalue weighted by Crippen LogP contribution is 2.35. The maximum atomic E-state index is 14.0. The molecule has 1 fully saturated rings. The summed E-state index contributed by atoms with van der Waals surface area (Å²) < 4.78 is 19.5. The molecule has 1 aliphatic rings. The minimum absolute atomic E-state index is 0.235. The third kappa shape index (κ3) is 7.43. The summed E-state index contributed by atoms with van der Waals surface area (Å²) in [4.78, 5) is 26.5. The largest absolute Gasteiger partial charge is 0.378 e. The molecule has 2 aromatic heterocycles. The first-order chi connectivity index (χ1) is 21.9. The van der Waals surface area contributed by atoms with Crippen LogP contribution in [0.2, 0.25) is 0 Å². The van der Waals surface area contributed by atoms with E-state index in [9.17, 15) is 9.18 Å². The highest BCUT2D eigenvalue weighted by Gasteiger charge is 2.19. The average molecular weight is 608 g/mol. The summed E-state index contributed by atoms with van der Waals surface area (Å²) in [6.45, 7) is 3.68. The first-order valence-corrected chi connectivity index (χ1v) is 14.6. The summed E-state index contributed by atoms with van der Waals surface area (Å²) in [6, 6.07) is 21.6. The average Bonchev–Trinajstić information content (AvgIpc) is 3.43. The number of morpholine rings is 1. The second kappa shape index (κ2) is 13.5. The number of rotatable bonds is 10. The fraction of sp³-hybridized carbons (Fsp3) is 0.212. The predicted molar refractivity (Wildman–Crippen MR) is 176 cm³/mol. The van der Waals surface area contributed by atoms with Gasteiger partial charge >= 0.3 is 0 Å². The number of anilines is 6. The van der Waals surface area contributed by atoms with Gasteiger partial charge in [-0.2, -0.15) is 10.1 Å². The molecular formula is C33H34FN9O2. The molecule has 0 aliphatic carbocycles. The number of halogens is 1. The monoisotopic (exact) mass is 607 g/mol. The number of hydrogen-bond acceptors (Lipinski definition) is 9. The number of fused-ring (bicyclic) bond motifs is 1. The Morgan fingerprint density at radius 2 is 1.73 bits per heavy atom. The number of benzene rings is 3. The van der Waals surface area contributed by atoms with Gasteiger partial charge in [0.05, 0.1) is 24.3 Å². The van der Waals surface area contributed by atoms with Crippen LogP contribution in [0, 0.1) is 5.82 Å². The number of ether oxygens (including phenoxy) is 1. The van der Waals surface area contributed by atoms with E-state index >= 15 is 0 Å². The van der Waals surface area contributed by atoms with Gasteiger partial charge in [-0.25, -0.2) is 9.37 Å². The maximum absolute atomic E-state index is 14.0. The molecule has 1 aliphatic heterocycles. The van der Waals surface area contributed by atoms with E-state index in [1.807, 2.05) is 55.4 Å². The third-order valence-electron chi connectivity index (χ3n) is 7.13. The number of H-pyrrole nitrogens is 1. The first-order valence-electron chi connectivity index (χ1n) is 14.6. The van der Waals surface area contributed by atoms with Gasteiger partial charge in [0, 0.05) is 54.0 Å². The van der Waals surface area contributed by atoms with Crippen LogP contribution in [0.3, 0.4) is 0 Å². The van der Waals surface area contributed by atoms with Gasteiger partial charge in [0.1, 0.15) is 5.82 Å². The molecule has 4 N–H and O–H groups in total. The van der Waals surface area contributed by atoms with Crippen LogP contribution < -0.4 is 20.9 Å². The van der Waals surface area contributed by atoms with Crippen molar-refractivity contribution < 1.29 is 13.9 Å². The van der Waals surface area contributed by atoms with Crippen LogP contribution in [-0.4, -0.2) is 77.9 Å². The van der Waals surface area contributed by atoms with Gasteiger partial charge in [0.15, 0.2) is 11.5 Å². The number of nitrogens with one attached hydrogen (secondary N) is 4. The number of carbonyl (C=O) groups excluding carboxylic acids is 1. The van der Waals surface area contributed by atoms with E-state index in [-0.39, 0.29) is 11.7 Å². The number of aromatic nitrogens is 4. The fourth-order valence-corrected chi connectivity index (χ4v) is 5.02. The topological polar surface area (TPSA) is 123 Å². The zero-order valence-electron chi connectivity index (χ0n) is 25.0. The van der Waals surface area contributed by atoms with Gasteiger partial charge in [-0.3, -0.25) is 9.89 Å². The van der Waals surface area contributed by atoms with Crippen molar-refractivity contribution in [2.75, 3.05) is 67.8 Å². The molecule has 0 unspecified atom stereocenters. The Hall–Kier alpha value is -5.33. The number of likely N-dealkylation sites (N-methyl/N-ethyl adjacent to an activating group) is 1. The van der Waals surface area contributed by atoms with Gasteiger partial charge < -0.3 is 30.5 Å². The molecule has 1 amide bonds. The van der Waals surface area contributed by atoms with E-state index in [0.29, 0.717) is 59.6 Å². The second-order valence-corrected chi connectivity index (χ2v) is 10.8. The third-order valence-corrected chi connectivity index (χ3v) is 7.13. The van der Waals surface area contributed by atoms with Crippen molar-refractivity contribution in [3.05, 3.63) is 90.8 Å². The summed E-state index contributed by atoms with van der Waals surface area (Å²) in [6.07, 6.45) is 3.31. The molecule has 1 saturated heterocycles. The van der Waals surface area contributed by atoms with E-state index in [2.05, 4.69) is 43.2 Å². The maximum Gasteiger partial charge on any atom is 0.248 e. The van der Waals surface area contributed by atoms with E-state index in [4.69, 9.17) is 14.7 Å². The smallest absolute Gasteiger partial charge is 0.248 e. The molecule has 0 saturated carbocycles. The quantitative estimate of drug-likeness (QED) is 0.152. The zero-order chi connectivity index (χ0) is 31.2. The molecule has 11 nitrogen and oxygen atoms in total. The summed E-state index contributed by atoms with van der Waals surface area (Å²) >= 11 is 0. The zero-order valence-corrected chi connectivity index (χ0v) is 25.0. The molecule has 230 valence electrons. The highest BCUT2D eigenvalue weighted by atomic mass is 19.1. The second-order valence-electron chi connectivity index (χ2n) is 10.8. The normalized spacial score (nSPS) is 13.5. The van der Waals surface area contributed by atoms with Crippen molar-refractivity contribution in [3.63, 3.8) is 0 Å². The van der Waals surface area contributed by atoms with Crippen LogP contribution in [0.25, 0.3) is 22.3 Å². The fourth-order valence-electron chi connectivity index (χ4n) is 5.02. The Morgan fingerprint density at radius 3 is 2.53 bits per heavy atom. The summed E-state index contributed by atoms with van der Waals surface area (Å²) in [5.74, 6) is 0.192. The Balaban J connectivity index is 1.36. The van der Waals surface area contributed by atoms with Crippen LogP contribution >= 0.6 is 0 Å². The Labute approximate surface area is 260 Å². The molecule has 0 radical (unpaired) electrons. The van der Waals surface area contributed by atoms with Crippen LogP contribution in [0.15, 0.2) is 84.9 Å². The molecular weight excluding hydrogens is 573 g/mol. The van der Waals surface area contributed by atoms with Crippen LogP contribution in [0.5, 0.6) is 0 Å². The molecule has 45 heavy (non-hydrogen) atoms. The number of aromatic amines is 1. The lowest BCUT2D eigenvalue weighted by atomic mass is 10.1. The minimum Gasteiger partial charge on any atom is -0.378 e. The highest BCUT2D eigenvalue weighted by molar-refractivity contribution is 6.02. The van der Waals surface area contributed by atoms with Gasteiger partial charge in [-0.15, -0.1) is 0 Å². The van der Waals surface area contributed by atoms with E-state index < -0.39 is 0 Å². The number of carbonyl (C=O) groups is 1. The van der Waals surface area contributed by atoms with E-state index in [1.54, 1.807) is 18.2 Å². The molecule has 3 aromatic carbocycles. The van der Waals surface area contributed by atoms with Gasteiger partial charge in [0.2, 0.25) is 11.9 Å². The van der Waals surface area contributed by atoms with Crippen molar-refractivity contribution in [3.8, 4) is 11.3 Å². The summed E-state index contributed by atoms with van der Waals surface area (Å²) in [5, 5.41) is 17.5. The lowest BCUT2D eigenvalue weighted by molar-refractivity contribution is -0.111. The molecule has 6 rings (SSSR count). The standard InChI is InChI=1S/C33H34FN9O2/c1-42(2)14-6-13-28(44)35-24-9-3-7-22(19-24)30-29-31(36-25-10-4-8-23(34)20-25)40-41-32(29)39-33(38-30)37-26-11-5-12-27(21-26)43-15-17-45-18-16-43/h3-13,19-21H,14-18H2,1-2H3,(H,35,44)(H3,36,37,38,39,40,41)/b13-6+. The Kier molecular flexibility index (Phi) is 8.94. The van der Waals surface area contributed by atoms with Gasteiger partial charge in [-0.1, -0.05) is 30.3 Å². The molecule has 0 spiro atoms. The minimum atomic E-state index is -0.370. The van der Waals surface area contributed by atoms with Gasteiger partial charge in [-0.05, 0) is 62.6 Å². The molecule has 5 aromatic rings. The van der Waals surface area contributed by atoms with Crippen molar-refractivity contribution in [1.82, 2.24) is 25.1 Å².